The van der Waals surface area contributed by atoms with Crippen LogP contribution in [0.1, 0.15) is 20.8 Å². The zero-order valence-electron chi connectivity index (χ0n) is 6.91. The van der Waals surface area contributed by atoms with Crippen LogP contribution in [0.3, 0.4) is 0 Å². The van der Waals surface area contributed by atoms with Crippen LogP contribution in [0.2, 0.25) is 0 Å². The van der Waals surface area contributed by atoms with Crippen molar-refractivity contribution < 1.29 is 46.5 Å². The average molecular weight is 226 g/mol. The van der Waals surface area contributed by atoms with E-state index in [2.05, 4.69) is 32.9 Å². The summed E-state index contributed by atoms with van der Waals surface area (Å²) in [4.78, 5) is 0. The van der Waals surface area contributed by atoms with E-state index in [1.807, 2.05) is 0 Å². The molecule has 0 saturated heterocycles. The van der Waals surface area contributed by atoms with Gasteiger partial charge in [-0.1, -0.05) is 19.8 Å². The van der Waals surface area contributed by atoms with Crippen molar-refractivity contribution in [3.63, 3.8) is 0 Å². The van der Waals surface area contributed by atoms with Gasteiger partial charge in [-0.05, 0) is 0 Å². The van der Waals surface area contributed by atoms with Crippen LogP contribution in [0.25, 0.3) is 0 Å². The van der Waals surface area contributed by atoms with Crippen LogP contribution in [0.5, 0.6) is 0 Å². The first-order valence-corrected chi connectivity index (χ1v) is 2.99. The molecule has 0 aromatic carbocycles. The van der Waals surface area contributed by atoms with Crippen LogP contribution in [-0.2, 0) is 21.7 Å². The molecule has 0 heterocycles. The quantitative estimate of drug-likeness (QED) is 0.295. The molecule has 0 aromatic rings. The molecule has 1 atom stereocenters. The molecular weight excluding hydrogens is 215 g/mol. The van der Waals surface area contributed by atoms with Crippen molar-refractivity contribution in [3.8, 4) is 0 Å². The van der Waals surface area contributed by atoms with Gasteiger partial charge < -0.3 is 24.8 Å². The maximum atomic E-state index is 3.29. The molecule has 0 saturated carbocycles. The Bertz CT molecular complexity index is 143. The number of allylic oxidation sites excluding steroid dienone is 4. The van der Waals surface area contributed by atoms with Crippen LogP contribution in [0.4, 0.5) is 0 Å². The van der Waals surface area contributed by atoms with E-state index < -0.39 is 0 Å². The van der Waals surface area contributed by atoms with Crippen LogP contribution in [-0.4, -0.2) is 0 Å². The van der Waals surface area contributed by atoms with Gasteiger partial charge in [0.1, 0.15) is 0 Å². The monoisotopic (exact) mass is 225 g/mol. The van der Waals surface area contributed by atoms with Crippen molar-refractivity contribution in [2.45, 2.75) is 20.8 Å². The first-order valence-electron chi connectivity index (χ1n) is 2.99. The molecule has 0 N–H and O–H groups in total. The second-order valence-corrected chi connectivity index (χ2v) is 2.41. The fraction of sp³-hybridized carbons (Fsp3) is 0.500. The first-order chi connectivity index (χ1) is 3.70. The molecule has 0 nitrogen and oxygen atoms in total. The Balaban J connectivity index is -0.000000213. The maximum Gasteiger partial charge on any atom is 3.00 e. The van der Waals surface area contributed by atoms with Crippen LogP contribution in [0.15, 0.2) is 17.2 Å². The summed E-state index contributed by atoms with van der Waals surface area (Å²) in [6.45, 7) is 6.39. The Kier molecular flexibility index (Phi) is 12.0. The van der Waals surface area contributed by atoms with Crippen molar-refractivity contribution >= 4 is 0 Å². The van der Waals surface area contributed by atoms with Gasteiger partial charge in [0.25, 0.3) is 0 Å². The van der Waals surface area contributed by atoms with E-state index in [1.165, 1.54) is 11.1 Å². The van der Waals surface area contributed by atoms with Gasteiger partial charge in [-0.15, -0.1) is 6.92 Å². The van der Waals surface area contributed by atoms with Crippen molar-refractivity contribution in [2.24, 2.45) is 5.92 Å². The zero-order valence-corrected chi connectivity index (χ0v) is 9.98. The molecule has 11 heavy (non-hydrogen) atoms. The Hall–Kier alpha value is 0.774. The normalized spacial score (nSPS) is 20.1. The first kappa shape index (κ1) is 17.8. The summed E-state index contributed by atoms with van der Waals surface area (Å²) in [5.41, 5.74) is 2.70. The second kappa shape index (κ2) is 7.42. The molecule has 61 valence electrons. The van der Waals surface area contributed by atoms with Gasteiger partial charge in [-0.3, -0.25) is 6.08 Å². The van der Waals surface area contributed by atoms with E-state index in [-0.39, 0.29) is 46.5 Å². The summed E-state index contributed by atoms with van der Waals surface area (Å²) in [6.07, 6.45) is 5.52. The number of hydrogen-bond donors (Lipinski definition) is 0. The second-order valence-electron chi connectivity index (χ2n) is 2.41. The minimum Gasteiger partial charge on any atom is -1.00 e. The Morgan fingerprint density at radius 3 is 1.82 bits per heavy atom. The predicted octanol–water partition coefficient (Wildman–Crippen LogP) is -3.66. The van der Waals surface area contributed by atoms with E-state index in [1.54, 1.807) is 0 Å². The Morgan fingerprint density at radius 2 is 1.73 bits per heavy atom. The molecule has 0 spiro atoms. The van der Waals surface area contributed by atoms with Gasteiger partial charge in [0.15, 0.2) is 0 Å². The average Bonchev–Trinajstić information content (AvgIpc) is 1.85. The van der Waals surface area contributed by atoms with Crippen LogP contribution < -0.4 is 24.8 Å². The summed E-state index contributed by atoms with van der Waals surface area (Å²) in [7, 11) is 0. The molecule has 1 aliphatic carbocycles. The van der Waals surface area contributed by atoms with Gasteiger partial charge in [-0.25, -0.2) is 11.1 Å². The van der Waals surface area contributed by atoms with Gasteiger partial charge in [0.2, 0.25) is 0 Å². The van der Waals surface area contributed by atoms with Crippen LogP contribution in [0, 0.1) is 12.0 Å². The third-order valence-corrected chi connectivity index (χ3v) is 1.54. The van der Waals surface area contributed by atoms with Gasteiger partial charge in [-0.2, -0.15) is 6.08 Å². The molecule has 0 bridgehead atoms. The summed E-state index contributed by atoms with van der Waals surface area (Å²) >= 11 is 0. The van der Waals surface area contributed by atoms with E-state index in [4.69, 9.17) is 0 Å². The van der Waals surface area contributed by atoms with Gasteiger partial charge >= 0.3 is 21.7 Å². The SMILES string of the molecule is CC1=[C-]C(C)C=C1C.[Cl-].[Cl-].[Ti+3]. The van der Waals surface area contributed by atoms with E-state index in [9.17, 15) is 0 Å². The molecule has 0 aliphatic heterocycles. The van der Waals surface area contributed by atoms with Crippen LogP contribution >= 0.6 is 0 Å². The van der Waals surface area contributed by atoms with Crippen molar-refractivity contribution in [1.82, 2.24) is 0 Å². The van der Waals surface area contributed by atoms with E-state index in [0.717, 1.165) is 0 Å². The van der Waals surface area contributed by atoms with Crippen molar-refractivity contribution in [1.29, 1.82) is 0 Å². The van der Waals surface area contributed by atoms with Crippen molar-refractivity contribution in [2.75, 3.05) is 0 Å². The summed E-state index contributed by atoms with van der Waals surface area (Å²) < 4.78 is 0. The predicted molar refractivity (Wildman–Crippen MR) is 35.4 cm³/mol. The summed E-state index contributed by atoms with van der Waals surface area (Å²) in [5.74, 6) is 0.551. The minimum atomic E-state index is 0. The Labute approximate surface area is 96.2 Å². The minimum absolute atomic E-state index is 0. The third kappa shape index (κ3) is 5.08. The fourth-order valence-electron chi connectivity index (χ4n) is 0.997. The molecule has 0 amide bonds. The number of halogens is 2. The van der Waals surface area contributed by atoms with Crippen molar-refractivity contribution in [3.05, 3.63) is 23.3 Å². The molecule has 1 radical (unpaired) electrons. The Morgan fingerprint density at radius 1 is 1.27 bits per heavy atom. The van der Waals surface area contributed by atoms with E-state index in [0.29, 0.717) is 5.92 Å². The van der Waals surface area contributed by atoms with Gasteiger partial charge in [0, 0.05) is 0 Å². The molecular formula is C8H11Cl2Ti. The van der Waals surface area contributed by atoms with E-state index >= 15 is 0 Å². The maximum absolute atomic E-state index is 3.29. The molecule has 1 rings (SSSR count). The molecule has 0 aromatic heterocycles. The topological polar surface area (TPSA) is 0 Å². The number of rotatable bonds is 0. The molecule has 0 fully saturated rings. The standard InChI is InChI=1S/C8H11.2ClH.Ti/c1-6-4-7(2)8(3)5-6;;;/h4,6H,1-3H3;2*1H;/q-1;;;+3/p-2. The number of hydrogen-bond acceptors (Lipinski definition) is 0. The third-order valence-electron chi connectivity index (χ3n) is 1.54. The molecule has 1 unspecified atom stereocenters. The largest absolute Gasteiger partial charge is 3.00 e. The smallest absolute Gasteiger partial charge is 1.00 e. The molecule has 1 aliphatic rings. The summed E-state index contributed by atoms with van der Waals surface area (Å²) in [5, 5.41) is 0. The summed E-state index contributed by atoms with van der Waals surface area (Å²) in [6, 6.07) is 0. The van der Waals surface area contributed by atoms with Gasteiger partial charge in [0.05, 0.1) is 0 Å². The zero-order chi connectivity index (χ0) is 6.15. The molecule has 3 heteroatoms. The fourth-order valence-corrected chi connectivity index (χ4v) is 0.997.